The van der Waals surface area contributed by atoms with Crippen LogP contribution in [0.15, 0.2) is 0 Å². The molecule has 3 N–H and O–H groups in total. The Hall–Kier alpha value is -0.120. The molecule has 17 heavy (non-hydrogen) atoms. The second-order valence-electron chi connectivity index (χ2n) is 5.74. The Bertz CT molecular complexity index is 202. The predicted octanol–water partition coefficient (Wildman–Crippen LogP) is 1.58. The van der Waals surface area contributed by atoms with E-state index < -0.39 is 0 Å². The number of hydrogen-bond donors (Lipinski definition) is 2. The monoisotopic (exact) mass is 239 g/mol. The van der Waals surface area contributed by atoms with Crippen LogP contribution >= 0.6 is 0 Å². The maximum atomic E-state index is 5.80. The molecule has 0 aromatic carbocycles. The highest BCUT2D eigenvalue weighted by atomic mass is 15.1. The molecule has 1 aliphatic carbocycles. The van der Waals surface area contributed by atoms with Crippen LogP contribution in [0.2, 0.25) is 0 Å². The molecule has 0 bridgehead atoms. The van der Waals surface area contributed by atoms with Gasteiger partial charge in [-0.05, 0) is 70.7 Å². The number of nitrogens with one attached hydrogen (secondary N) is 1. The first-order valence-corrected chi connectivity index (χ1v) is 7.56. The van der Waals surface area contributed by atoms with Gasteiger partial charge in [0.25, 0.3) is 0 Å². The lowest BCUT2D eigenvalue weighted by Crippen LogP contribution is -2.38. The molecule has 3 heteroatoms. The third kappa shape index (κ3) is 4.23. The lowest BCUT2D eigenvalue weighted by molar-refractivity contribution is 0.224. The van der Waals surface area contributed by atoms with Crippen LogP contribution in [-0.4, -0.2) is 43.7 Å². The van der Waals surface area contributed by atoms with E-state index in [9.17, 15) is 0 Å². The van der Waals surface area contributed by atoms with Gasteiger partial charge in [-0.3, -0.25) is 0 Å². The summed E-state index contributed by atoms with van der Waals surface area (Å²) in [6.45, 7) is 5.98. The topological polar surface area (TPSA) is 41.3 Å². The van der Waals surface area contributed by atoms with Gasteiger partial charge in [0.15, 0.2) is 0 Å². The normalized spacial score (nSPS) is 30.9. The highest BCUT2D eigenvalue weighted by Gasteiger charge is 2.25. The first-order valence-electron chi connectivity index (χ1n) is 7.56. The van der Waals surface area contributed by atoms with Crippen molar-refractivity contribution in [2.24, 2.45) is 11.7 Å². The summed E-state index contributed by atoms with van der Waals surface area (Å²) < 4.78 is 0. The van der Waals surface area contributed by atoms with Gasteiger partial charge in [-0.15, -0.1) is 0 Å². The molecule has 0 spiro atoms. The van der Waals surface area contributed by atoms with Gasteiger partial charge in [-0.2, -0.15) is 0 Å². The second kappa shape index (κ2) is 7.34. The van der Waals surface area contributed by atoms with Gasteiger partial charge in [0, 0.05) is 6.04 Å². The van der Waals surface area contributed by atoms with Crippen molar-refractivity contribution in [1.29, 1.82) is 0 Å². The highest BCUT2D eigenvalue weighted by Crippen LogP contribution is 2.24. The van der Waals surface area contributed by atoms with Crippen molar-refractivity contribution in [2.45, 2.75) is 51.0 Å². The molecule has 3 nitrogen and oxygen atoms in total. The van der Waals surface area contributed by atoms with Gasteiger partial charge in [-0.25, -0.2) is 0 Å². The summed E-state index contributed by atoms with van der Waals surface area (Å²) in [6.07, 6.45) is 9.59. The van der Waals surface area contributed by atoms with Crippen molar-refractivity contribution < 1.29 is 0 Å². The third-order valence-electron chi connectivity index (χ3n) is 4.47. The third-order valence-corrected chi connectivity index (χ3v) is 4.47. The summed E-state index contributed by atoms with van der Waals surface area (Å²) in [4.78, 5) is 2.63. The summed E-state index contributed by atoms with van der Waals surface area (Å²) in [5, 5.41) is 3.72. The SMILES string of the molecule is NCC1CCCC1NCCCN1CCCCC1. The van der Waals surface area contributed by atoms with E-state index in [1.165, 1.54) is 71.1 Å². The minimum absolute atomic E-state index is 0.710. The Morgan fingerprint density at radius 2 is 1.88 bits per heavy atom. The maximum absolute atomic E-state index is 5.80. The van der Waals surface area contributed by atoms with Crippen molar-refractivity contribution >= 4 is 0 Å². The van der Waals surface area contributed by atoms with Crippen molar-refractivity contribution in [3.05, 3.63) is 0 Å². The summed E-state index contributed by atoms with van der Waals surface area (Å²) in [5.74, 6) is 0.741. The smallest absolute Gasteiger partial charge is 0.0107 e. The molecule has 1 saturated carbocycles. The van der Waals surface area contributed by atoms with E-state index >= 15 is 0 Å². The largest absolute Gasteiger partial charge is 0.330 e. The number of nitrogens with two attached hydrogens (primary N) is 1. The summed E-state index contributed by atoms with van der Waals surface area (Å²) in [7, 11) is 0. The van der Waals surface area contributed by atoms with Crippen molar-refractivity contribution in [3.63, 3.8) is 0 Å². The van der Waals surface area contributed by atoms with Gasteiger partial charge in [0.1, 0.15) is 0 Å². The number of piperidine rings is 1. The average Bonchev–Trinajstić information content (AvgIpc) is 2.83. The van der Waals surface area contributed by atoms with E-state index in [2.05, 4.69) is 10.2 Å². The van der Waals surface area contributed by atoms with E-state index in [4.69, 9.17) is 5.73 Å². The van der Waals surface area contributed by atoms with Crippen LogP contribution in [0, 0.1) is 5.92 Å². The van der Waals surface area contributed by atoms with Crippen molar-refractivity contribution in [2.75, 3.05) is 32.7 Å². The summed E-state index contributed by atoms with van der Waals surface area (Å²) >= 11 is 0. The molecule has 0 aromatic rings. The molecule has 100 valence electrons. The number of rotatable bonds is 6. The van der Waals surface area contributed by atoms with Crippen LogP contribution in [0.25, 0.3) is 0 Å². The second-order valence-corrected chi connectivity index (χ2v) is 5.74. The number of nitrogens with zero attached hydrogens (tertiary/aromatic N) is 1. The van der Waals surface area contributed by atoms with E-state index in [-0.39, 0.29) is 0 Å². The molecule has 2 unspecified atom stereocenters. The van der Waals surface area contributed by atoms with Gasteiger partial charge in [0.05, 0.1) is 0 Å². The number of likely N-dealkylation sites (tertiary alicyclic amines) is 1. The molecule has 2 rings (SSSR count). The average molecular weight is 239 g/mol. The lowest BCUT2D eigenvalue weighted by Gasteiger charge is -2.27. The molecule has 0 radical (unpaired) electrons. The van der Waals surface area contributed by atoms with Gasteiger partial charge in [0.2, 0.25) is 0 Å². The fourth-order valence-corrected chi connectivity index (χ4v) is 3.36. The minimum atomic E-state index is 0.710. The molecule has 2 aliphatic rings. The summed E-state index contributed by atoms with van der Waals surface area (Å²) in [6, 6.07) is 0.710. The lowest BCUT2D eigenvalue weighted by atomic mass is 10.0. The van der Waals surface area contributed by atoms with Gasteiger partial charge in [-0.1, -0.05) is 12.8 Å². The predicted molar refractivity (Wildman–Crippen MR) is 73.1 cm³/mol. The van der Waals surface area contributed by atoms with Crippen LogP contribution in [0.5, 0.6) is 0 Å². The molecule has 0 amide bonds. The zero-order valence-electron chi connectivity index (χ0n) is 11.2. The Kier molecular flexibility index (Phi) is 5.75. The van der Waals surface area contributed by atoms with Crippen molar-refractivity contribution in [1.82, 2.24) is 10.2 Å². The fraction of sp³-hybridized carbons (Fsp3) is 1.00. The highest BCUT2D eigenvalue weighted by molar-refractivity contribution is 4.83. The molecule has 2 atom stereocenters. The minimum Gasteiger partial charge on any atom is -0.330 e. The van der Waals surface area contributed by atoms with E-state index in [0.29, 0.717) is 6.04 Å². The number of hydrogen-bond acceptors (Lipinski definition) is 3. The molecule has 2 fully saturated rings. The maximum Gasteiger partial charge on any atom is 0.0107 e. The van der Waals surface area contributed by atoms with E-state index in [1.807, 2.05) is 0 Å². The van der Waals surface area contributed by atoms with Crippen LogP contribution in [-0.2, 0) is 0 Å². The van der Waals surface area contributed by atoms with Crippen LogP contribution in [0.4, 0.5) is 0 Å². The molecular formula is C14H29N3. The van der Waals surface area contributed by atoms with Crippen molar-refractivity contribution in [3.8, 4) is 0 Å². The first kappa shape index (κ1) is 13.3. The van der Waals surface area contributed by atoms with Gasteiger partial charge >= 0.3 is 0 Å². The zero-order chi connectivity index (χ0) is 11.9. The Morgan fingerprint density at radius 1 is 1.06 bits per heavy atom. The Morgan fingerprint density at radius 3 is 2.65 bits per heavy atom. The Labute approximate surface area is 106 Å². The van der Waals surface area contributed by atoms with Crippen LogP contribution < -0.4 is 11.1 Å². The molecule has 0 aromatic heterocycles. The quantitative estimate of drug-likeness (QED) is 0.692. The zero-order valence-corrected chi connectivity index (χ0v) is 11.2. The fourth-order valence-electron chi connectivity index (χ4n) is 3.36. The Balaban J connectivity index is 1.53. The van der Waals surface area contributed by atoms with Crippen LogP contribution in [0.1, 0.15) is 44.9 Å². The summed E-state index contributed by atoms with van der Waals surface area (Å²) in [5.41, 5.74) is 5.80. The molecule has 1 heterocycles. The van der Waals surface area contributed by atoms with E-state index in [0.717, 1.165) is 12.5 Å². The van der Waals surface area contributed by atoms with E-state index in [1.54, 1.807) is 0 Å². The molecule has 1 saturated heterocycles. The standard InChI is InChI=1S/C14H29N3/c15-12-13-6-4-7-14(13)16-8-5-11-17-9-2-1-3-10-17/h13-14,16H,1-12,15H2. The first-order chi connectivity index (χ1) is 8.40. The molecular weight excluding hydrogens is 210 g/mol. The molecule has 1 aliphatic heterocycles. The van der Waals surface area contributed by atoms with Crippen LogP contribution in [0.3, 0.4) is 0 Å². The van der Waals surface area contributed by atoms with Gasteiger partial charge < -0.3 is 16.0 Å².